The first-order valence-electron chi connectivity index (χ1n) is 7.79. The molecule has 0 radical (unpaired) electrons. The number of para-hydroxylation sites is 1. The summed E-state index contributed by atoms with van der Waals surface area (Å²) >= 11 is 0. The zero-order chi connectivity index (χ0) is 17.1. The Bertz CT molecular complexity index is 1100. The fourth-order valence-electron chi connectivity index (χ4n) is 3.34. The van der Waals surface area contributed by atoms with E-state index in [-0.39, 0.29) is 18.4 Å². The highest BCUT2D eigenvalue weighted by molar-refractivity contribution is 6.10. The Morgan fingerprint density at radius 1 is 1.28 bits per heavy atom. The van der Waals surface area contributed by atoms with Gasteiger partial charge in [-0.3, -0.25) is 15.2 Å². The van der Waals surface area contributed by atoms with Crippen LogP contribution in [0.25, 0.3) is 11.0 Å². The van der Waals surface area contributed by atoms with Crippen molar-refractivity contribution in [1.29, 1.82) is 0 Å². The number of nitrogens with one attached hydrogen (secondary N) is 1. The van der Waals surface area contributed by atoms with Gasteiger partial charge in [0.15, 0.2) is 11.6 Å². The van der Waals surface area contributed by atoms with Gasteiger partial charge in [-0.25, -0.2) is 14.8 Å². The third-order valence-electron chi connectivity index (χ3n) is 4.47. The molecule has 8 heteroatoms. The number of amides is 1. The Morgan fingerprint density at radius 3 is 3.00 bits per heavy atom. The van der Waals surface area contributed by atoms with E-state index in [1.165, 1.54) is 11.3 Å². The van der Waals surface area contributed by atoms with E-state index < -0.39 is 5.63 Å². The first kappa shape index (κ1) is 14.0. The van der Waals surface area contributed by atoms with Crippen LogP contribution in [0.1, 0.15) is 18.4 Å². The van der Waals surface area contributed by atoms with E-state index in [1.807, 2.05) is 19.1 Å². The van der Waals surface area contributed by atoms with Crippen molar-refractivity contribution in [2.24, 2.45) is 9.98 Å². The van der Waals surface area contributed by atoms with E-state index in [2.05, 4.69) is 15.4 Å². The quantitative estimate of drug-likeness (QED) is 0.731. The summed E-state index contributed by atoms with van der Waals surface area (Å²) in [6.07, 6.45) is 1.44. The molecule has 8 nitrogen and oxygen atoms in total. The molecule has 0 bridgehead atoms. The smallest absolute Gasteiger partial charge is 0.343 e. The number of hydrogen-bond acceptors (Lipinski definition) is 7. The highest BCUT2D eigenvalue weighted by Crippen LogP contribution is 2.43. The number of amidine groups is 1. The summed E-state index contributed by atoms with van der Waals surface area (Å²) in [5, 5.41) is 2.16. The molecule has 4 heterocycles. The minimum Gasteiger partial charge on any atom is -0.437 e. The number of carbonyl (C=O) groups excluding carboxylic acids is 1. The van der Waals surface area contributed by atoms with Gasteiger partial charge in [0.05, 0.1) is 16.5 Å². The van der Waals surface area contributed by atoms with Gasteiger partial charge < -0.3 is 9.15 Å². The first-order chi connectivity index (χ1) is 12.1. The van der Waals surface area contributed by atoms with Crippen LogP contribution in [0.4, 0.5) is 0 Å². The molecular formula is C17H12N4O4. The van der Waals surface area contributed by atoms with Crippen molar-refractivity contribution in [3.8, 4) is 5.75 Å². The Balaban J connectivity index is 1.74. The summed E-state index contributed by atoms with van der Waals surface area (Å²) in [6, 6.07) is 7.21. The third-order valence-corrected chi connectivity index (χ3v) is 4.47. The molecule has 1 amide bonds. The summed E-state index contributed by atoms with van der Waals surface area (Å²) in [6.45, 7) is 1.89. The van der Waals surface area contributed by atoms with Crippen molar-refractivity contribution < 1.29 is 13.9 Å². The molecule has 1 aromatic carbocycles. The van der Waals surface area contributed by atoms with Gasteiger partial charge >= 0.3 is 5.63 Å². The molecule has 0 saturated carbocycles. The number of rotatable bonds is 0. The molecule has 1 aromatic heterocycles. The van der Waals surface area contributed by atoms with Crippen molar-refractivity contribution in [1.82, 2.24) is 10.4 Å². The fraction of sp³-hybridized carbons (Fsp3) is 0.176. The predicted molar refractivity (Wildman–Crippen MR) is 89.3 cm³/mol. The van der Waals surface area contributed by atoms with Gasteiger partial charge in [0.1, 0.15) is 18.5 Å². The maximum Gasteiger partial charge on any atom is 0.343 e. The summed E-state index contributed by atoms with van der Waals surface area (Å²) in [7, 11) is 0. The normalized spacial score (nSPS) is 21.2. The van der Waals surface area contributed by atoms with Crippen LogP contribution in [0.2, 0.25) is 0 Å². The van der Waals surface area contributed by atoms with Crippen molar-refractivity contribution in [3.63, 3.8) is 0 Å². The van der Waals surface area contributed by atoms with Gasteiger partial charge in [-0.05, 0) is 12.1 Å². The maximum absolute atomic E-state index is 12.5. The molecule has 25 heavy (non-hydrogen) atoms. The van der Waals surface area contributed by atoms with Gasteiger partial charge in [0, 0.05) is 5.92 Å². The minimum atomic E-state index is -0.450. The third kappa shape index (κ3) is 1.87. The Hall–Kier alpha value is -3.42. The maximum atomic E-state index is 12.5. The van der Waals surface area contributed by atoms with Crippen LogP contribution in [0, 0.1) is 0 Å². The molecule has 0 fully saturated rings. The van der Waals surface area contributed by atoms with E-state index in [0.717, 1.165) is 0 Å². The fourth-order valence-corrected chi connectivity index (χ4v) is 3.34. The molecule has 124 valence electrons. The number of benzene rings is 1. The van der Waals surface area contributed by atoms with Crippen LogP contribution in [-0.4, -0.2) is 29.6 Å². The predicted octanol–water partition coefficient (Wildman–Crippen LogP) is 1.29. The monoisotopic (exact) mass is 336 g/mol. The average molecular weight is 336 g/mol. The second kappa shape index (κ2) is 4.79. The van der Waals surface area contributed by atoms with Crippen LogP contribution >= 0.6 is 0 Å². The zero-order valence-corrected chi connectivity index (χ0v) is 13.1. The Kier molecular flexibility index (Phi) is 2.68. The molecule has 0 spiro atoms. The highest BCUT2D eigenvalue weighted by atomic mass is 16.5. The number of carbonyl (C=O) groups is 1. The molecule has 5 rings (SSSR count). The Morgan fingerprint density at radius 2 is 2.12 bits per heavy atom. The van der Waals surface area contributed by atoms with Crippen molar-refractivity contribution in [2.75, 3.05) is 6.54 Å². The molecule has 0 aliphatic carbocycles. The number of ether oxygens (including phenoxy) is 1. The lowest BCUT2D eigenvalue weighted by molar-refractivity contribution is -0.122. The number of fused-ring (bicyclic) bond motifs is 5. The second-order valence-corrected chi connectivity index (χ2v) is 5.96. The van der Waals surface area contributed by atoms with Gasteiger partial charge in [0.25, 0.3) is 5.91 Å². The largest absolute Gasteiger partial charge is 0.437 e. The van der Waals surface area contributed by atoms with Gasteiger partial charge in [-0.2, -0.15) is 0 Å². The van der Waals surface area contributed by atoms with E-state index >= 15 is 0 Å². The molecule has 1 atom stereocenters. The SMILES string of the molecule is CC1C2=C(N=CN3NC(=O)CN=C23)Oc2c1c(=O)oc1ccccc21. The lowest BCUT2D eigenvalue weighted by Crippen LogP contribution is -2.53. The van der Waals surface area contributed by atoms with E-state index in [4.69, 9.17) is 9.15 Å². The van der Waals surface area contributed by atoms with Crippen LogP contribution in [-0.2, 0) is 4.79 Å². The van der Waals surface area contributed by atoms with Crippen molar-refractivity contribution >= 4 is 29.1 Å². The number of hydrogen-bond donors (Lipinski definition) is 1. The standard InChI is InChI=1S/C17H12N4O4/c1-8-12-14(9-4-2-3-5-10(9)24-17(12)23)25-16-13(8)15-18-6-11(22)20-21(15)7-19-16/h2-5,7-8H,6H2,1H3,(H,20,22). The zero-order valence-electron chi connectivity index (χ0n) is 13.1. The molecule has 1 N–H and O–H groups in total. The van der Waals surface area contributed by atoms with Gasteiger partial charge in [0.2, 0.25) is 5.88 Å². The topological polar surface area (TPSA) is 96.5 Å². The van der Waals surface area contributed by atoms with Crippen LogP contribution in [0.5, 0.6) is 5.75 Å². The summed E-state index contributed by atoms with van der Waals surface area (Å²) in [5.41, 5.74) is 3.75. The molecule has 0 saturated heterocycles. The van der Waals surface area contributed by atoms with Crippen LogP contribution in [0.3, 0.4) is 0 Å². The minimum absolute atomic E-state index is 0.0162. The highest BCUT2D eigenvalue weighted by Gasteiger charge is 2.39. The van der Waals surface area contributed by atoms with Gasteiger partial charge in [-0.15, -0.1) is 0 Å². The number of aliphatic imine (C=N–C) groups is 2. The summed E-state index contributed by atoms with van der Waals surface area (Å²) < 4.78 is 11.4. The summed E-state index contributed by atoms with van der Waals surface area (Å²) in [5.74, 6) is 0.796. The van der Waals surface area contributed by atoms with E-state index in [1.54, 1.807) is 12.1 Å². The number of hydrazine groups is 1. The average Bonchev–Trinajstić information content (AvgIpc) is 2.61. The Labute approximate surface area is 141 Å². The van der Waals surface area contributed by atoms with Crippen LogP contribution < -0.4 is 15.8 Å². The second-order valence-electron chi connectivity index (χ2n) is 5.96. The number of nitrogens with zero attached hydrogens (tertiary/aromatic N) is 3. The molecule has 3 aliphatic rings. The molecular weight excluding hydrogens is 324 g/mol. The van der Waals surface area contributed by atoms with E-state index in [0.29, 0.717) is 39.6 Å². The van der Waals surface area contributed by atoms with Crippen molar-refractivity contribution in [3.05, 3.63) is 51.7 Å². The van der Waals surface area contributed by atoms with Gasteiger partial charge in [-0.1, -0.05) is 19.1 Å². The molecule has 1 unspecified atom stereocenters. The lowest BCUT2D eigenvalue weighted by Gasteiger charge is -2.35. The molecule has 3 aliphatic heterocycles. The summed E-state index contributed by atoms with van der Waals surface area (Å²) in [4.78, 5) is 32.7. The molecule has 2 aromatic rings. The van der Waals surface area contributed by atoms with Crippen LogP contribution in [0.15, 0.2) is 54.9 Å². The lowest BCUT2D eigenvalue weighted by atomic mass is 9.89. The first-order valence-corrected chi connectivity index (χ1v) is 7.79. The van der Waals surface area contributed by atoms with Crippen molar-refractivity contribution in [2.45, 2.75) is 12.8 Å². The van der Waals surface area contributed by atoms with E-state index in [9.17, 15) is 9.59 Å².